The standard InChI is InChI=1S/C8H7NO3/c10-7-5-3-1-2-4-6-8(11)9(7)12/h1-6,12H. The van der Waals surface area contributed by atoms with Crippen LogP contribution in [-0.2, 0) is 9.59 Å². The van der Waals surface area contributed by atoms with Crippen molar-refractivity contribution in [2.75, 3.05) is 0 Å². The van der Waals surface area contributed by atoms with Crippen molar-refractivity contribution in [2.45, 2.75) is 0 Å². The maximum absolute atomic E-state index is 10.8. The molecule has 1 rings (SSSR count). The minimum absolute atomic E-state index is 0.0556. The van der Waals surface area contributed by atoms with E-state index >= 15 is 0 Å². The van der Waals surface area contributed by atoms with Crippen LogP contribution in [0.3, 0.4) is 0 Å². The first kappa shape index (κ1) is 8.42. The molecular formula is C8H7NO3. The smallest absolute Gasteiger partial charge is 0.277 e. The van der Waals surface area contributed by atoms with Gasteiger partial charge in [0.2, 0.25) is 0 Å². The zero-order valence-corrected chi connectivity index (χ0v) is 6.18. The van der Waals surface area contributed by atoms with Crippen LogP contribution in [0.25, 0.3) is 0 Å². The van der Waals surface area contributed by atoms with Crippen LogP contribution in [0.4, 0.5) is 0 Å². The molecule has 1 N–H and O–H groups in total. The Labute approximate surface area is 69.1 Å². The second kappa shape index (κ2) is 3.64. The lowest BCUT2D eigenvalue weighted by Crippen LogP contribution is -2.30. The van der Waals surface area contributed by atoms with E-state index in [-0.39, 0.29) is 5.06 Å². The van der Waals surface area contributed by atoms with Crippen LogP contribution in [0.5, 0.6) is 0 Å². The Morgan fingerprint density at radius 1 is 0.917 bits per heavy atom. The Hall–Kier alpha value is -1.68. The minimum Gasteiger partial charge on any atom is -0.278 e. The van der Waals surface area contributed by atoms with Crippen LogP contribution in [-0.4, -0.2) is 22.1 Å². The second-order valence-corrected chi connectivity index (χ2v) is 2.09. The van der Waals surface area contributed by atoms with E-state index in [0.29, 0.717) is 0 Å². The number of hydrogen-bond donors (Lipinski definition) is 1. The van der Waals surface area contributed by atoms with E-state index in [1.54, 1.807) is 12.2 Å². The van der Waals surface area contributed by atoms with Crippen LogP contribution in [0.1, 0.15) is 0 Å². The molecule has 12 heavy (non-hydrogen) atoms. The number of nitrogens with zero attached hydrogens (tertiary/aromatic N) is 1. The van der Waals surface area contributed by atoms with E-state index in [1.165, 1.54) is 12.2 Å². The molecule has 62 valence electrons. The molecule has 0 unspecified atom stereocenters. The molecule has 0 spiro atoms. The summed E-state index contributed by atoms with van der Waals surface area (Å²) >= 11 is 0. The highest BCUT2D eigenvalue weighted by Crippen LogP contribution is 1.94. The van der Waals surface area contributed by atoms with E-state index in [2.05, 4.69) is 0 Å². The van der Waals surface area contributed by atoms with Crippen molar-refractivity contribution >= 4 is 11.8 Å². The number of carbonyl (C=O) groups excluding carboxylic acids is 2. The SMILES string of the molecule is O=C1C=CC=CC=CC(=O)N1O. The highest BCUT2D eigenvalue weighted by atomic mass is 16.5. The lowest BCUT2D eigenvalue weighted by molar-refractivity contribution is -0.171. The Morgan fingerprint density at radius 2 is 1.33 bits per heavy atom. The Balaban J connectivity index is 2.93. The van der Waals surface area contributed by atoms with Crippen molar-refractivity contribution < 1.29 is 14.8 Å². The van der Waals surface area contributed by atoms with Crippen LogP contribution in [0, 0.1) is 0 Å². The van der Waals surface area contributed by atoms with Crippen LogP contribution >= 0.6 is 0 Å². The fourth-order valence-corrected chi connectivity index (χ4v) is 0.654. The molecule has 0 aromatic heterocycles. The van der Waals surface area contributed by atoms with Gasteiger partial charge in [0.1, 0.15) is 0 Å². The third-order valence-electron chi connectivity index (χ3n) is 1.23. The lowest BCUT2D eigenvalue weighted by Gasteiger charge is -2.06. The highest BCUT2D eigenvalue weighted by molar-refractivity contribution is 6.04. The Kier molecular flexibility index (Phi) is 2.55. The first-order valence-corrected chi connectivity index (χ1v) is 3.30. The first-order chi connectivity index (χ1) is 5.72. The molecule has 4 nitrogen and oxygen atoms in total. The number of imide groups is 1. The van der Waals surface area contributed by atoms with Crippen molar-refractivity contribution in [1.82, 2.24) is 5.06 Å². The van der Waals surface area contributed by atoms with Crippen molar-refractivity contribution in [2.24, 2.45) is 0 Å². The Morgan fingerprint density at radius 3 is 1.75 bits per heavy atom. The number of allylic oxidation sites excluding steroid dienone is 4. The van der Waals surface area contributed by atoms with Gasteiger partial charge in [0.05, 0.1) is 0 Å². The van der Waals surface area contributed by atoms with Gasteiger partial charge in [-0.2, -0.15) is 0 Å². The van der Waals surface area contributed by atoms with Gasteiger partial charge < -0.3 is 0 Å². The van der Waals surface area contributed by atoms with Gasteiger partial charge >= 0.3 is 0 Å². The fourth-order valence-electron chi connectivity index (χ4n) is 0.654. The van der Waals surface area contributed by atoms with E-state index in [4.69, 9.17) is 5.21 Å². The predicted octanol–water partition coefficient (Wildman–Crippen LogP) is 0.413. The number of rotatable bonds is 0. The molecule has 0 radical (unpaired) electrons. The summed E-state index contributed by atoms with van der Waals surface area (Å²) in [5.74, 6) is -1.51. The molecule has 4 heteroatoms. The molecule has 1 aliphatic heterocycles. The summed E-state index contributed by atoms with van der Waals surface area (Å²) < 4.78 is 0. The van der Waals surface area contributed by atoms with Gasteiger partial charge in [-0.05, 0) is 0 Å². The molecular weight excluding hydrogens is 158 g/mol. The lowest BCUT2D eigenvalue weighted by atomic mass is 10.4. The summed E-state index contributed by atoms with van der Waals surface area (Å²) in [5, 5.41) is 8.94. The summed E-state index contributed by atoms with van der Waals surface area (Å²) in [4.78, 5) is 21.7. The molecule has 1 aliphatic rings. The monoisotopic (exact) mass is 165 g/mol. The molecule has 0 fully saturated rings. The topological polar surface area (TPSA) is 57.6 Å². The molecule has 0 aromatic carbocycles. The molecule has 0 saturated carbocycles. The normalized spacial score (nSPS) is 17.6. The molecule has 2 amide bonds. The van der Waals surface area contributed by atoms with Crippen molar-refractivity contribution in [3.8, 4) is 0 Å². The summed E-state index contributed by atoms with van der Waals surface area (Å²) in [6.45, 7) is 0. The van der Waals surface area contributed by atoms with Gasteiger partial charge in [0, 0.05) is 12.2 Å². The van der Waals surface area contributed by atoms with Crippen LogP contribution < -0.4 is 0 Å². The quantitative estimate of drug-likeness (QED) is 0.418. The molecule has 0 aliphatic carbocycles. The number of amides is 2. The molecule has 0 saturated heterocycles. The van der Waals surface area contributed by atoms with Gasteiger partial charge in [-0.3, -0.25) is 14.8 Å². The highest BCUT2D eigenvalue weighted by Gasteiger charge is 2.13. The summed E-state index contributed by atoms with van der Waals surface area (Å²) in [6, 6.07) is 0. The van der Waals surface area contributed by atoms with E-state index in [1.807, 2.05) is 0 Å². The van der Waals surface area contributed by atoms with Crippen molar-refractivity contribution in [3.05, 3.63) is 36.5 Å². The molecule has 0 bridgehead atoms. The number of carbonyl (C=O) groups is 2. The Bertz CT molecular complexity index is 261. The predicted molar refractivity (Wildman–Crippen MR) is 41.1 cm³/mol. The van der Waals surface area contributed by atoms with Crippen LogP contribution in [0.2, 0.25) is 0 Å². The van der Waals surface area contributed by atoms with Gasteiger partial charge in [-0.15, -0.1) is 5.06 Å². The molecule has 1 heterocycles. The average molecular weight is 165 g/mol. The van der Waals surface area contributed by atoms with Crippen LogP contribution in [0.15, 0.2) is 36.5 Å². The minimum atomic E-state index is -0.754. The molecule has 0 atom stereocenters. The number of hydroxylamine groups is 2. The maximum atomic E-state index is 10.8. The van der Waals surface area contributed by atoms with Gasteiger partial charge in [-0.1, -0.05) is 24.3 Å². The van der Waals surface area contributed by atoms with Gasteiger partial charge in [0.25, 0.3) is 11.8 Å². The average Bonchev–Trinajstić information content (AvgIpc) is 2.12. The summed E-state index contributed by atoms with van der Waals surface area (Å²) in [7, 11) is 0. The third-order valence-corrected chi connectivity index (χ3v) is 1.23. The van der Waals surface area contributed by atoms with Gasteiger partial charge in [0.15, 0.2) is 0 Å². The molecule has 0 aromatic rings. The zero-order valence-electron chi connectivity index (χ0n) is 6.18. The van der Waals surface area contributed by atoms with Crippen molar-refractivity contribution in [1.29, 1.82) is 0 Å². The zero-order chi connectivity index (χ0) is 8.97. The third kappa shape index (κ3) is 1.90. The summed E-state index contributed by atoms with van der Waals surface area (Å²) in [5.41, 5.74) is 0. The largest absolute Gasteiger partial charge is 0.278 e. The summed E-state index contributed by atoms with van der Waals surface area (Å²) in [6.07, 6.45) is 8.24. The van der Waals surface area contributed by atoms with E-state index in [0.717, 1.165) is 12.2 Å². The number of hydrogen-bond acceptors (Lipinski definition) is 3. The first-order valence-electron chi connectivity index (χ1n) is 3.30. The maximum Gasteiger partial charge on any atom is 0.277 e. The second-order valence-electron chi connectivity index (χ2n) is 2.09. The van der Waals surface area contributed by atoms with Crippen molar-refractivity contribution in [3.63, 3.8) is 0 Å². The van der Waals surface area contributed by atoms with Gasteiger partial charge in [-0.25, -0.2) is 0 Å². The fraction of sp³-hybridized carbons (Fsp3) is 0. The van der Waals surface area contributed by atoms with E-state index < -0.39 is 11.8 Å². The van der Waals surface area contributed by atoms with E-state index in [9.17, 15) is 9.59 Å².